The molecule has 0 saturated heterocycles. The van der Waals surface area contributed by atoms with Gasteiger partial charge in [-0.25, -0.2) is 4.79 Å². The second kappa shape index (κ2) is 6.59. The Labute approximate surface area is 121 Å². The molecule has 0 bridgehead atoms. The maximum atomic E-state index is 11.9. The fraction of sp³-hybridized carbons (Fsp3) is 0.200. The molecule has 0 atom stereocenters. The van der Waals surface area contributed by atoms with E-state index in [1.165, 1.54) is 6.20 Å². The first kappa shape index (κ1) is 14.6. The number of carbonyl (C=O) groups excluding carboxylic acids is 1. The summed E-state index contributed by atoms with van der Waals surface area (Å²) in [5.41, 5.74) is 2.02. The zero-order chi connectivity index (χ0) is 15.2. The highest BCUT2D eigenvalue weighted by atomic mass is 16.2. The third kappa shape index (κ3) is 4.09. The van der Waals surface area contributed by atoms with Crippen LogP contribution in [0.5, 0.6) is 0 Å². The number of aromatic nitrogens is 2. The second-order valence-electron chi connectivity index (χ2n) is 4.47. The molecular formula is C15H15N3O3. The van der Waals surface area contributed by atoms with Gasteiger partial charge in [0.15, 0.2) is 0 Å². The van der Waals surface area contributed by atoms with E-state index < -0.39 is 11.6 Å². The van der Waals surface area contributed by atoms with E-state index in [1.54, 1.807) is 12.1 Å². The Balaban J connectivity index is 2.18. The molecule has 6 nitrogen and oxygen atoms in total. The molecule has 0 fully saturated rings. The molecule has 1 aromatic carbocycles. The Morgan fingerprint density at radius 1 is 1.38 bits per heavy atom. The molecule has 0 spiro atoms. The largest absolute Gasteiger partial charge is 0.395 e. The summed E-state index contributed by atoms with van der Waals surface area (Å²) in [5, 5.41) is 11.4. The minimum atomic E-state index is -0.431. The number of amides is 1. The van der Waals surface area contributed by atoms with E-state index >= 15 is 0 Å². The van der Waals surface area contributed by atoms with Gasteiger partial charge in [0.25, 0.3) is 5.91 Å². The van der Waals surface area contributed by atoms with Gasteiger partial charge in [-0.3, -0.25) is 4.79 Å². The Kier molecular flexibility index (Phi) is 4.59. The number of nitrogens with one attached hydrogen (secondary N) is 3. The summed E-state index contributed by atoms with van der Waals surface area (Å²) in [6, 6.07) is 5.43. The molecule has 0 aliphatic heterocycles. The standard InChI is InChI=1S/C15H15N3O3/c1-10-6-11(4-2-3-5-19)8-12(7-10)17-14(20)13-9-16-15(21)18-13/h6-9,19H,3,5H2,1H3,(H,17,20)(H2,16,18,21). The molecule has 108 valence electrons. The number of hydrogen-bond acceptors (Lipinski definition) is 3. The maximum Gasteiger partial charge on any atom is 0.323 e. The SMILES string of the molecule is Cc1cc(C#CCCO)cc(NC(=O)c2c[nH]c(=O)[nH]2)c1. The molecule has 1 amide bonds. The van der Waals surface area contributed by atoms with Gasteiger partial charge in [-0.1, -0.05) is 11.8 Å². The summed E-state index contributed by atoms with van der Waals surface area (Å²) in [5.74, 6) is 5.34. The normalized spacial score (nSPS) is 9.81. The first-order valence-corrected chi connectivity index (χ1v) is 6.39. The van der Waals surface area contributed by atoms with Gasteiger partial charge >= 0.3 is 5.69 Å². The average molecular weight is 285 g/mol. The minimum Gasteiger partial charge on any atom is -0.395 e. The van der Waals surface area contributed by atoms with Gasteiger partial charge < -0.3 is 20.4 Å². The molecular weight excluding hydrogens is 270 g/mol. The van der Waals surface area contributed by atoms with E-state index in [1.807, 2.05) is 13.0 Å². The van der Waals surface area contributed by atoms with Crippen molar-refractivity contribution in [2.45, 2.75) is 13.3 Å². The zero-order valence-electron chi connectivity index (χ0n) is 11.5. The number of aliphatic hydroxyl groups is 1. The molecule has 0 saturated carbocycles. The highest BCUT2D eigenvalue weighted by Gasteiger charge is 2.08. The minimum absolute atomic E-state index is 0.0171. The summed E-state index contributed by atoms with van der Waals surface area (Å²) in [6.07, 6.45) is 1.72. The molecule has 21 heavy (non-hydrogen) atoms. The Hall–Kier alpha value is -2.78. The van der Waals surface area contributed by atoms with E-state index in [-0.39, 0.29) is 12.3 Å². The van der Waals surface area contributed by atoms with Crippen LogP contribution in [-0.4, -0.2) is 27.6 Å². The van der Waals surface area contributed by atoms with Gasteiger partial charge in [0.1, 0.15) is 5.69 Å². The van der Waals surface area contributed by atoms with Crippen molar-refractivity contribution in [3.05, 3.63) is 51.7 Å². The van der Waals surface area contributed by atoms with Crippen LogP contribution in [0, 0.1) is 18.8 Å². The number of imidazole rings is 1. The molecule has 1 aromatic heterocycles. The van der Waals surface area contributed by atoms with E-state index in [0.29, 0.717) is 12.1 Å². The van der Waals surface area contributed by atoms with Crippen molar-refractivity contribution in [2.24, 2.45) is 0 Å². The summed E-state index contributed by atoms with van der Waals surface area (Å²) >= 11 is 0. The number of anilines is 1. The van der Waals surface area contributed by atoms with Crippen molar-refractivity contribution in [1.29, 1.82) is 0 Å². The van der Waals surface area contributed by atoms with E-state index in [0.717, 1.165) is 11.1 Å². The van der Waals surface area contributed by atoms with Gasteiger partial charge in [-0.2, -0.15) is 0 Å². The Bertz CT molecular complexity index is 762. The quantitative estimate of drug-likeness (QED) is 0.633. The molecule has 0 unspecified atom stereocenters. The lowest BCUT2D eigenvalue weighted by Gasteiger charge is -2.05. The molecule has 2 aromatic rings. The maximum absolute atomic E-state index is 11.9. The summed E-state index contributed by atoms with van der Waals surface area (Å²) < 4.78 is 0. The molecule has 2 rings (SSSR count). The van der Waals surface area contributed by atoms with Gasteiger partial charge in [0.05, 0.1) is 6.61 Å². The van der Waals surface area contributed by atoms with Crippen molar-refractivity contribution >= 4 is 11.6 Å². The number of rotatable bonds is 3. The zero-order valence-corrected chi connectivity index (χ0v) is 11.5. The fourth-order valence-corrected chi connectivity index (χ4v) is 1.80. The summed E-state index contributed by atoms with van der Waals surface area (Å²) in [4.78, 5) is 27.7. The van der Waals surface area contributed by atoms with Crippen LogP contribution in [0.25, 0.3) is 0 Å². The van der Waals surface area contributed by atoms with Crippen LogP contribution in [0.1, 0.15) is 28.0 Å². The van der Waals surface area contributed by atoms with Crippen molar-refractivity contribution in [1.82, 2.24) is 9.97 Å². The predicted molar refractivity (Wildman–Crippen MR) is 79.1 cm³/mol. The third-order valence-electron chi connectivity index (χ3n) is 2.65. The lowest BCUT2D eigenvalue weighted by molar-refractivity contribution is 0.102. The predicted octanol–water partition coefficient (Wildman–Crippen LogP) is 0.998. The molecule has 1 heterocycles. The fourth-order valence-electron chi connectivity index (χ4n) is 1.80. The Morgan fingerprint density at radius 2 is 2.19 bits per heavy atom. The van der Waals surface area contributed by atoms with Gasteiger partial charge in [0, 0.05) is 23.9 Å². The number of H-pyrrole nitrogens is 2. The highest BCUT2D eigenvalue weighted by Crippen LogP contribution is 2.14. The number of aryl methyl sites for hydroxylation is 1. The van der Waals surface area contributed by atoms with Gasteiger partial charge in [-0.15, -0.1) is 0 Å². The number of aromatic amines is 2. The van der Waals surface area contributed by atoms with Crippen molar-refractivity contribution in [3.63, 3.8) is 0 Å². The lowest BCUT2D eigenvalue weighted by Crippen LogP contribution is -2.14. The monoisotopic (exact) mass is 285 g/mol. The smallest absolute Gasteiger partial charge is 0.323 e. The first-order chi connectivity index (χ1) is 10.1. The van der Waals surface area contributed by atoms with Crippen molar-refractivity contribution in [3.8, 4) is 11.8 Å². The second-order valence-corrected chi connectivity index (χ2v) is 4.47. The first-order valence-electron chi connectivity index (χ1n) is 6.39. The van der Waals surface area contributed by atoms with Crippen LogP contribution < -0.4 is 11.0 Å². The van der Waals surface area contributed by atoms with Crippen LogP contribution in [0.3, 0.4) is 0 Å². The van der Waals surface area contributed by atoms with Crippen LogP contribution in [0.4, 0.5) is 5.69 Å². The van der Waals surface area contributed by atoms with E-state index in [9.17, 15) is 9.59 Å². The molecule has 0 aliphatic carbocycles. The topological polar surface area (TPSA) is 98.0 Å². The number of aliphatic hydroxyl groups excluding tert-OH is 1. The summed E-state index contributed by atoms with van der Waals surface area (Å²) in [7, 11) is 0. The number of carbonyl (C=O) groups is 1. The molecule has 4 N–H and O–H groups in total. The van der Waals surface area contributed by atoms with Crippen molar-refractivity contribution in [2.75, 3.05) is 11.9 Å². The van der Waals surface area contributed by atoms with Crippen LogP contribution >= 0.6 is 0 Å². The Morgan fingerprint density at radius 3 is 2.86 bits per heavy atom. The van der Waals surface area contributed by atoms with Crippen LogP contribution in [0.2, 0.25) is 0 Å². The van der Waals surface area contributed by atoms with E-state index in [4.69, 9.17) is 5.11 Å². The molecule has 0 aliphatic rings. The van der Waals surface area contributed by atoms with Crippen molar-refractivity contribution < 1.29 is 9.90 Å². The average Bonchev–Trinajstić information content (AvgIpc) is 2.85. The van der Waals surface area contributed by atoms with Gasteiger partial charge in [0.2, 0.25) is 0 Å². The lowest BCUT2D eigenvalue weighted by atomic mass is 10.1. The highest BCUT2D eigenvalue weighted by molar-refractivity contribution is 6.02. The molecule has 0 radical (unpaired) electrons. The number of benzene rings is 1. The number of hydrogen-bond donors (Lipinski definition) is 4. The van der Waals surface area contributed by atoms with Crippen LogP contribution in [-0.2, 0) is 0 Å². The molecule has 6 heteroatoms. The van der Waals surface area contributed by atoms with E-state index in [2.05, 4.69) is 27.1 Å². The van der Waals surface area contributed by atoms with Crippen LogP contribution in [0.15, 0.2) is 29.2 Å². The van der Waals surface area contributed by atoms with Gasteiger partial charge in [-0.05, 0) is 30.7 Å². The third-order valence-corrected chi connectivity index (χ3v) is 2.65. The summed E-state index contributed by atoms with van der Waals surface area (Å²) in [6.45, 7) is 1.91.